The number of ether oxygens (including phenoxy) is 1. The third-order valence-electron chi connectivity index (χ3n) is 1.67. The quantitative estimate of drug-likeness (QED) is 0.537. The van der Waals surface area contributed by atoms with Crippen molar-refractivity contribution in [3.63, 3.8) is 0 Å². The molecular weight excluding hydrogens is 387 g/mol. The van der Waals surface area contributed by atoms with Crippen LogP contribution < -0.4 is 11.1 Å². The standard InChI is InChI=1S/C8H18N2O3S.C3H10N2OS.2ClH/c1-8(2,3)13-7(11)10-5-6-14(4,9)12;1-7(5,6)3-2-4;;/h9H,5-6H2,1-4H3,(H,10,11);5H,2-4H2,1H3;2*1H. The molecule has 1 amide bonds. The summed E-state index contributed by atoms with van der Waals surface area (Å²) in [6, 6.07) is 0. The van der Waals surface area contributed by atoms with Crippen molar-refractivity contribution in [3.8, 4) is 0 Å². The average molecular weight is 417 g/mol. The molecule has 8 nitrogen and oxygen atoms in total. The molecule has 0 aliphatic carbocycles. The molecule has 0 bridgehead atoms. The molecule has 0 saturated carbocycles. The first-order valence-electron chi connectivity index (χ1n) is 6.26. The number of hydrogen-bond acceptors (Lipinski definition) is 7. The summed E-state index contributed by atoms with van der Waals surface area (Å²) in [5.74, 6) is 0.458. The molecule has 144 valence electrons. The fourth-order valence-electron chi connectivity index (χ4n) is 0.887. The van der Waals surface area contributed by atoms with Gasteiger partial charge in [0.2, 0.25) is 0 Å². The Kier molecular flexibility index (Phi) is 17.4. The molecular formula is C11H30Cl2N4O4S2. The Hall–Kier alpha value is -0.290. The van der Waals surface area contributed by atoms with Gasteiger partial charge in [0.25, 0.3) is 0 Å². The molecule has 0 aromatic carbocycles. The van der Waals surface area contributed by atoms with Crippen LogP contribution in [0.25, 0.3) is 0 Å². The number of hydrogen-bond donors (Lipinski definition) is 4. The van der Waals surface area contributed by atoms with Crippen LogP contribution in [0.1, 0.15) is 20.8 Å². The van der Waals surface area contributed by atoms with Crippen LogP contribution in [0.15, 0.2) is 0 Å². The van der Waals surface area contributed by atoms with E-state index >= 15 is 0 Å². The Bertz CT molecular complexity index is 517. The van der Waals surface area contributed by atoms with E-state index in [2.05, 4.69) is 5.32 Å². The molecule has 0 saturated heterocycles. The molecule has 0 spiro atoms. The lowest BCUT2D eigenvalue weighted by Gasteiger charge is -2.19. The molecule has 2 unspecified atom stereocenters. The minimum atomic E-state index is -2.53. The summed E-state index contributed by atoms with van der Waals surface area (Å²) in [6.45, 7) is 5.84. The molecule has 0 fully saturated rings. The first-order chi connectivity index (χ1) is 9.16. The van der Waals surface area contributed by atoms with Gasteiger partial charge in [-0.15, -0.1) is 24.8 Å². The lowest BCUT2D eigenvalue weighted by molar-refractivity contribution is 0.0531. The van der Waals surface area contributed by atoms with Crippen LogP contribution in [0.4, 0.5) is 4.79 Å². The summed E-state index contributed by atoms with van der Waals surface area (Å²) in [5, 5.41) is 2.44. The number of carbonyl (C=O) groups is 1. The molecule has 0 radical (unpaired) electrons. The third kappa shape index (κ3) is 34.2. The maximum atomic E-state index is 11.1. The van der Waals surface area contributed by atoms with Gasteiger partial charge in [-0.25, -0.2) is 4.79 Å². The molecule has 23 heavy (non-hydrogen) atoms. The van der Waals surface area contributed by atoms with E-state index < -0.39 is 31.2 Å². The summed E-state index contributed by atoms with van der Waals surface area (Å²) >= 11 is 0. The first-order valence-corrected chi connectivity index (χ1v) is 10.5. The maximum Gasteiger partial charge on any atom is 0.407 e. The van der Waals surface area contributed by atoms with E-state index in [1.807, 2.05) is 0 Å². The minimum Gasteiger partial charge on any atom is -0.444 e. The van der Waals surface area contributed by atoms with Crippen molar-refractivity contribution in [1.29, 1.82) is 9.56 Å². The Morgan fingerprint density at radius 1 is 1.09 bits per heavy atom. The first kappa shape index (κ1) is 30.6. The number of carbonyl (C=O) groups excluding carboxylic acids is 1. The van der Waals surface area contributed by atoms with E-state index in [1.54, 1.807) is 20.8 Å². The Morgan fingerprint density at radius 2 is 1.48 bits per heavy atom. The van der Waals surface area contributed by atoms with Gasteiger partial charge < -0.3 is 15.8 Å². The number of nitrogens with two attached hydrogens (primary N) is 1. The van der Waals surface area contributed by atoms with Gasteiger partial charge in [0.15, 0.2) is 0 Å². The normalized spacial score (nSPS) is 15.2. The topological polar surface area (TPSA) is 146 Å². The summed E-state index contributed by atoms with van der Waals surface area (Å²) < 4.78 is 40.1. The molecule has 0 aliphatic rings. The van der Waals surface area contributed by atoms with Crippen molar-refractivity contribution < 1.29 is 17.9 Å². The van der Waals surface area contributed by atoms with Crippen molar-refractivity contribution in [2.24, 2.45) is 5.73 Å². The predicted molar refractivity (Wildman–Crippen MR) is 101 cm³/mol. The highest BCUT2D eigenvalue weighted by atomic mass is 35.5. The molecule has 0 aliphatic heterocycles. The van der Waals surface area contributed by atoms with Crippen LogP contribution in [-0.4, -0.2) is 57.2 Å². The highest BCUT2D eigenvalue weighted by Gasteiger charge is 2.15. The lowest BCUT2D eigenvalue weighted by Crippen LogP contribution is -2.34. The monoisotopic (exact) mass is 416 g/mol. The van der Waals surface area contributed by atoms with E-state index in [1.165, 1.54) is 12.5 Å². The van der Waals surface area contributed by atoms with Gasteiger partial charge in [-0.2, -0.15) is 0 Å². The second-order valence-corrected chi connectivity index (χ2v) is 10.5. The average Bonchev–Trinajstić information content (AvgIpc) is 2.10. The van der Waals surface area contributed by atoms with Crippen LogP contribution >= 0.6 is 24.8 Å². The maximum absolute atomic E-state index is 11.1. The van der Waals surface area contributed by atoms with Crippen LogP contribution in [-0.2, 0) is 24.2 Å². The zero-order valence-corrected chi connectivity index (χ0v) is 17.4. The molecule has 0 rings (SSSR count). The second-order valence-electron chi connectivity index (χ2n) is 5.64. The fraction of sp³-hybridized carbons (Fsp3) is 0.909. The summed E-state index contributed by atoms with van der Waals surface area (Å²) in [7, 11) is -4.83. The molecule has 12 heteroatoms. The van der Waals surface area contributed by atoms with Crippen LogP contribution in [0, 0.1) is 9.56 Å². The summed E-state index contributed by atoms with van der Waals surface area (Å²) in [6.07, 6.45) is 2.19. The highest BCUT2D eigenvalue weighted by molar-refractivity contribution is 7.91. The van der Waals surface area contributed by atoms with Crippen LogP contribution in [0.2, 0.25) is 0 Å². The molecule has 0 heterocycles. The molecule has 2 atom stereocenters. The molecule has 0 aromatic heterocycles. The van der Waals surface area contributed by atoms with Crippen molar-refractivity contribution >= 4 is 50.4 Å². The van der Waals surface area contributed by atoms with Gasteiger partial charge in [0.1, 0.15) is 5.60 Å². The number of amides is 1. The van der Waals surface area contributed by atoms with Gasteiger partial charge in [0.05, 0.1) is 0 Å². The van der Waals surface area contributed by atoms with E-state index in [4.69, 9.17) is 20.0 Å². The molecule has 0 aromatic rings. The van der Waals surface area contributed by atoms with Crippen molar-refractivity contribution in [2.75, 3.05) is 37.1 Å². The van der Waals surface area contributed by atoms with Crippen molar-refractivity contribution in [1.82, 2.24) is 5.32 Å². The van der Waals surface area contributed by atoms with Crippen molar-refractivity contribution in [3.05, 3.63) is 0 Å². The van der Waals surface area contributed by atoms with Crippen molar-refractivity contribution in [2.45, 2.75) is 26.4 Å². The SMILES string of the molecule is CC(C)(C)OC(=O)NCCS(C)(=N)=O.CS(=N)(=O)CCN.Cl.Cl. The number of rotatable bonds is 5. The highest BCUT2D eigenvalue weighted by Crippen LogP contribution is 2.06. The number of halogens is 2. The van der Waals surface area contributed by atoms with Crippen LogP contribution in [0.5, 0.6) is 0 Å². The fourth-order valence-corrected chi connectivity index (χ4v) is 1.83. The Balaban J connectivity index is -0.000000173. The minimum absolute atomic E-state index is 0. The summed E-state index contributed by atoms with van der Waals surface area (Å²) in [5.41, 5.74) is 4.49. The summed E-state index contributed by atoms with van der Waals surface area (Å²) in [4.78, 5) is 11.1. The van der Waals surface area contributed by atoms with Gasteiger partial charge in [-0.3, -0.25) is 18.0 Å². The van der Waals surface area contributed by atoms with Gasteiger partial charge in [-0.1, -0.05) is 0 Å². The Morgan fingerprint density at radius 3 is 1.70 bits per heavy atom. The zero-order valence-electron chi connectivity index (χ0n) is 14.2. The zero-order chi connectivity index (χ0) is 17.3. The Labute approximate surface area is 152 Å². The smallest absolute Gasteiger partial charge is 0.407 e. The number of nitrogens with one attached hydrogen (secondary N) is 3. The third-order valence-corrected chi connectivity index (χ3v) is 3.67. The predicted octanol–water partition coefficient (Wildman–Crippen LogP) is 1.65. The molecule has 5 N–H and O–H groups in total. The number of alkyl carbamates (subject to hydrolysis) is 1. The van der Waals surface area contributed by atoms with E-state index in [0.29, 0.717) is 12.3 Å². The van der Waals surface area contributed by atoms with E-state index in [0.717, 1.165) is 0 Å². The van der Waals surface area contributed by atoms with Gasteiger partial charge in [0, 0.05) is 56.6 Å². The van der Waals surface area contributed by atoms with Gasteiger partial charge >= 0.3 is 6.09 Å². The van der Waals surface area contributed by atoms with E-state index in [-0.39, 0.29) is 37.1 Å². The second kappa shape index (κ2) is 13.1. The largest absolute Gasteiger partial charge is 0.444 e. The van der Waals surface area contributed by atoms with Crippen LogP contribution in [0.3, 0.4) is 0 Å². The van der Waals surface area contributed by atoms with Gasteiger partial charge in [-0.05, 0) is 20.8 Å². The lowest BCUT2D eigenvalue weighted by atomic mass is 10.2. The van der Waals surface area contributed by atoms with E-state index in [9.17, 15) is 13.2 Å².